The molecule has 1 amide bonds. The first kappa shape index (κ1) is 13.2. The van der Waals surface area contributed by atoms with Crippen LogP contribution in [-0.2, 0) is 11.3 Å². The van der Waals surface area contributed by atoms with E-state index in [9.17, 15) is 4.79 Å². The van der Waals surface area contributed by atoms with Crippen molar-refractivity contribution in [1.29, 1.82) is 0 Å². The maximum atomic E-state index is 11.7. The van der Waals surface area contributed by atoms with Crippen LogP contribution in [-0.4, -0.2) is 40.4 Å². The first-order chi connectivity index (χ1) is 8.75. The van der Waals surface area contributed by atoms with E-state index in [1.165, 1.54) is 19.0 Å². The van der Waals surface area contributed by atoms with E-state index in [2.05, 4.69) is 20.2 Å². The third-order valence-corrected chi connectivity index (χ3v) is 3.35. The highest BCUT2D eigenvalue weighted by atomic mass is 35.5. The van der Waals surface area contributed by atoms with Gasteiger partial charge in [0.05, 0.1) is 12.2 Å². The Morgan fingerprint density at radius 2 is 2.06 bits per heavy atom. The first-order valence-corrected chi connectivity index (χ1v) is 6.58. The van der Waals surface area contributed by atoms with E-state index in [4.69, 9.17) is 11.6 Å². The van der Waals surface area contributed by atoms with Gasteiger partial charge < -0.3 is 10.2 Å². The van der Waals surface area contributed by atoms with Crippen molar-refractivity contribution < 1.29 is 4.79 Å². The summed E-state index contributed by atoms with van der Waals surface area (Å²) in [4.78, 5) is 21.9. The number of likely N-dealkylation sites (tertiary alicyclic amines) is 1. The van der Waals surface area contributed by atoms with Crippen LogP contribution in [0.5, 0.6) is 0 Å². The van der Waals surface area contributed by atoms with Crippen molar-refractivity contribution in [2.24, 2.45) is 0 Å². The van der Waals surface area contributed by atoms with E-state index >= 15 is 0 Å². The molecule has 1 aromatic heterocycles. The summed E-state index contributed by atoms with van der Waals surface area (Å²) in [6, 6.07) is 0. The highest BCUT2D eigenvalue weighted by Crippen LogP contribution is 2.09. The minimum Gasteiger partial charge on any atom is -0.350 e. The van der Waals surface area contributed by atoms with Crippen molar-refractivity contribution in [3.63, 3.8) is 0 Å². The summed E-state index contributed by atoms with van der Waals surface area (Å²) in [5.74, 6) is 0.0311. The summed E-state index contributed by atoms with van der Waals surface area (Å²) in [6.45, 7) is 3.40. The molecule has 0 aromatic carbocycles. The maximum absolute atomic E-state index is 11.7. The lowest BCUT2D eigenvalue weighted by molar-refractivity contribution is -0.121. The lowest BCUT2D eigenvalue weighted by Gasteiger charge is -2.13. The van der Waals surface area contributed by atoms with Crippen molar-refractivity contribution in [1.82, 2.24) is 20.2 Å². The predicted octanol–water partition coefficient (Wildman–Crippen LogP) is 1.23. The van der Waals surface area contributed by atoms with Gasteiger partial charge in [-0.3, -0.25) is 9.78 Å². The van der Waals surface area contributed by atoms with E-state index in [0.717, 1.165) is 19.6 Å². The first-order valence-electron chi connectivity index (χ1n) is 6.20. The van der Waals surface area contributed by atoms with E-state index in [1.54, 1.807) is 6.20 Å². The lowest BCUT2D eigenvalue weighted by atomic mass is 10.3. The zero-order valence-corrected chi connectivity index (χ0v) is 11.0. The van der Waals surface area contributed by atoms with Gasteiger partial charge in [-0.1, -0.05) is 11.6 Å². The Kier molecular flexibility index (Phi) is 4.90. The molecule has 0 saturated carbocycles. The van der Waals surface area contributed by atoms with E-state index in [1.807, 2.05) is 0 Å². The summed E-state index contributed by atoms with van der Waals surface area (Å²) >= 11 is 5.86. The number of carbonyl (C=O) groups excluding carboxylic acids is 1. The number of nitrogens with zero attached hydrogens (tertiary/aromatic N) is 3. The van der Waals surface area contributed by atoms with E-state index < -0.39 is 0 Å². The number of rotatable bonds is 5. The van der Waals surface area contributed by atoms with Gasteiger partial charge in [0, 0.05) is 25.4 Å². The molecule has 2 rings (SSSR count). The molecule has 2 heterocycles. The zero-order chi connectivity index (χ0) is 12.8. The Morgan fingerprint density at radius 1 is 1.33 bits per heavy atom. The summed E-state index contributed by atoms with van der Waals surface area (Å²) in [6.07, 6.45) is 6.12. The number of halogens is 1. The standard InChI is InChI=1S/C12H17ClN4O/c13-12-10(14-4-5-15-12)9-16-11(18)3-8-17-6-1-2-7-17/h4-5H,1-3,6-9H2,(H,16,18). The number of aromatic nitrogens is 2. The molecular weight excluding hydrogens is 252 g/mol. The SMILES string of the molecule is O=C(CCN1CCCC1)NCc1nccnc1Cl. The Hall–Kier alpha value is -1.20. The number of hydrogen-bond donors (Lipinski definition) is 1. The Labute approximate surface area is 112 Å². The smallest absolute Gasteiger partial charge is 0.221 e. The van der Waals surface area contributed by atoms with Crippen LogP contribution in [0.1, 0.15) is 25.0 Å². The second-order valence-electron chi connectivity index (χ2n) is 4.37. The number of amides is 1. The third kappa shape index (κ3) is 3.92. The van der Waals surface area contributed by atoms with Crippen molar-refractivity contribution in [3.8, 4) is 0 Å². The normalized spacial score (nSPS) is 15.8. The zero-order valence-electron chi connectivity index (χ0n) is 10.2. The van der Waals surface area contributed by atoms with Crippen molar-refractivity contribution in [2.75, 3.05) is 19.6 Å². The molecule has 1 fully saturated rings. The molecule has 1 N–H and O–H groups in total. The lowest BCUT2D eigenvalue weighted by Crippen LogP contribution is -2.29. The molecule has 6 heteroatoms. The van der Waals surface area contributed by atoms with Crippen LogP contribution >= 0.6 is 11.6 Å². The van der Waals surface area contributed by atoms with E-state index in [0.29, 0.717) is 23.8 Å². The maximum Gasteiger partial charge on any atom is 0.221 e. The molecule has 18 heavy (non-hydrogen) atoms. The predicted molar refractivity (Wildman–Crippen MR) is 69.2 cm³/mol. The van der Waals surface area contributed by atoms with Crippen LogP contribution in [0.4, 0.5) is 0 Å². The topological polar surface area (TPSA) is 58.1 Å². The second kappa shape index (κ2) is 6.66. The summed E-state index contributed by atoms with van der Waals surface area (Å²) in [5.41, 5.74) is 0.605. The molecule has 0 aliphatic carbocycles. The molecule has 98 valence electrons. The van der Waals surface area contributed by atoms with Crippen molar-refractivity contribution >= 4 is 17.5 Å². The molecule has 1 aromatic rings. The molecule has 0 atom stereocenters. The molecular formula is C12H17ClN4O. The van der Waals surface area contributed by atoms with Crippen molar-refractivity contribution in [2.45, 2.75) is 25.8 Å². The molecule has 0 spiro atoms. The van der Waals surface area contributed by atoms with Crippen LogP contribution in [0, 0.1) is 0 Å². The number of nitrogens with one attached hydrogen (secondary N) is 1. The number of carbonyl (C=O) groups is 1. The average molecular weight is 269 g/mol. The Morgan fingerprint density at radius 3 is 2.78 bits per heavy atom. The summed E-state index contributed by atoms with van der Waals surface area (Å²) < 4.78 is 0. The Balaban J connectivity index is 1.69. The molecule has 0 radical (unpaired) electrons. The highest BCUT2D eigenvalue weighted by molar-refractivity contribution is 6.29. The van der Waals surface area contributed by atoms with Crippen LogP contribution in [0.3, 0.4) is 0 Å². The van der Waals surface area contributed by atoms with Gasteiger partial charge in [0.1, 0.15) is 0 Å². The fourth-order valence-corrected chi connectivity index (χ4v) is 2.18. The van der Waals surface area contributed by atoms with Crippen LogP contribution in [0.25, 0.3) is 0 Å². The Bertz CT molecular complexity index is 407. The van der Waals surface area contributed by atoms with Gasteiger partial charge in [0.2, 0.25) is 5.91 Å². The summed E-state index contributed by atoms with van der Waals surface area (Å²) in [5, 5.41) is 3.16. The molecule has 5 nitrogen and oxygen atoms in total. The van der Waals surface area contributed by atoms with Crippen LogP contribution in [0.15, 0.2) is 12.4 Å². The highest BCUT2D eigenvalue weighted by Gasteiger charge is 2.13. The average Bonchev–Trinajstić information content (AvgIpc) is 2.88. The quantitative estimate of drug-likeness (QED) is 0.873. The molecule has 0 unspecified atom stereocenters. The van der Waals surface area contributed by atoms with Gasteiger partial charge >= 0.3 is 0 Å². The fourth-order valence-electron chi connectivity index (χ4n) is 2.01. The van der Waals surface area contributed by atoms with Gasteiger partial charge in [0.15, 0.2) is 5.15 Å². The van der Waals surface area contributed by atoms with Gasteiger partial charge in [0.25, 0.3) is 0 Å². The second-order valence-corrected chi connectivity index (χ2v) is 4.73. The van der Waals surface area contributed by atoms with Gasteiger partial charge in [-0.25, -0.2) is 4.98 Å². The molecule has 1 aliphatic heterocycles. The summed E-state index contributed by atoms with van der Waals surface area (Å²) in [7, 11) is 0. The van der Waals surface area contributed by atoms with Gasteiger partial charge in [-0.15, -0.1) is 0 Å². The molecule has 1 aliphatic rings. The minimum absolute atomic E-state index is 0.0311. The monoisotopic (exact) mass is 268 g/mol. The van der Waals surface area contributed by atoms with Crippen LogP contribution in [0.2, 0.25) is 5.15 Å². The van der Waals surface area contributed by atoms with Crippen LogP contribution < -0.4 is 5.32 Å². The molecule has 1 saturated heterocycles. The molecule has 0 bridgehead atoms. The fraction of sp³-hybridized carbons (Fsp3) is 0.583. The van der Waals surface area contributed by atoms with Gasteiger partial charge in [-0.2, -0.15) is 0 Å². The third-order valence-electron chi connectivity index (χ3n) is 3.03. The largest absolute Gasteiger partial charge is 0.350 e. The minimum atomic E-state index is 0.0311. The van der Waals surface area contributed by atoms with Gasteiger partial charge in [-0.05, 0) is 25.9 Å². The number of hydrogen-bond acceptors (Lipinski definition) is 4. The van der Waals surface area contributed by atoms with E-state index in [-0.39, 0.29) is 5.91 Å². The van der Waals surface area contributed by atoms with Crippen molar-refractivity contribution in [3.05, 3.63) is 23.2 Å².